The Morgan fingerprint density at radius 3 is 2.68 bits per heavy atom. The molecular formula is C18H15Cl2NO6S. The smallest absolute Gasteiger partial charge is 0.338 e. The van der Waals surface area contributed by atoms with Gasteiger partial charge >= 0.3 is 5.97 Å². The molecule has 0 saturated carbocycles. The summed E-state index contributed by atoms with van der Waals surface area (Å²) in [6.45, 7) is 0.561. The molecular weight excluding hydrogens is 429 g/mol. The zero-order valence-electron chi connectivity index (χ0n) is 14.5. The van der Waals surface area contributed by atoms with E-state index < -0.39 is 10.9 Å². The van der Waals surface area contributed by atoms with Crippen molar-refractivity contribution in [2.24, 2.45) is 0 Å². The molecule has 0 saturated heterocycles. The highest BCUT2D eigenvalue weighted by Gasteiger charge is 2.20. The fourth-order valence-electron chi connectivity index (χ4n) is 2.62. The molecule has 0 spiro atoms. The van der Waals surface area contributed by atoms with Crippen LogP contribution in [0.1, 0.15) is 21.5 Å². The van der Waals surface area contributed by atoms with E-state index in [1.807, 2.05) is 0 Å². The Balaban J connectivity index is 1.54. The highest BCUT2D eigenvalue weighted by atomic mass is 35.5. The van der Waals surface area contributed by atoms with Crippen LogP contribution in [0.15, 0.2) is 30.3 Å². The van der Waals surface area contributed by atoms with Crippen molar-refractivity contribution >= 4 is 46.6 Å². The minimum absolute atomic E-state index is 0.00675. The third-order valence-electron chi connectivity index (χ3n) is 3.80. The summed E-state index contributed by atoms with van der Waals surface area (Å²) in [4.78, 5) is 22.7. The van der Waals surface area contributed by atoms with Crippen LogP contribution in [0.25, 0.3) is 0 Å². The van der Waals surface area contributed by atoms with Crippen LogP contribution in [0.5, 0.6) is 5.75 Å². The first kappa shape index (κ1) is 20.7. The number of halogens is 2. The third kappa shape index (κ3) is 5.29. The summed E-state index contributed by atoms with van der Waals surface area (Å²) in [5.41, 5.74) is 1.64. The van der Waals surface area contributed by atoms with Crippen LogP contribution in [-0.4, -0.2) is 30.0 Å². The first-order valence-corrected chi connectivity index (χ1v) is 10.1. The van der Waals surface area contributed by atoms with Crippen molar-refractivity contribution in [3.63, 3.8) is 0 Å². The Kier molecular flexibility index (Phi) is 7.01. The molecule has 0 unspecified atom stereocenters. The van der Waals surface area contributed by atoms with Gasteiger partial charge in [-0.1, -0.05) is 23.2 Å². The molecule has 10 heteroatoms. The van der Waals surface area contributed by atoms with Crippen LogP contribution in [0, 0.1) is 10.1 Å². The van der Waals surface area contributed by atoms with Crippen molar-refractivity contribution in [1.82, 2.24) is 0 Å². The number of benzene rings is 2. The summed E-state index contributed by atoms with van der Waals surface area (Å²) < 4.78 is 15.9. The molecule has 2 aromatic carbocycles. The van der Waals surface area contributed by atoms with E-state index in [4.69, 9.17) is 37.4 Å². The lowest BCUT2D eigenvalue weighted by molar-refractivity contribution is -0.385. The molecule has 28 heavy (non-hydrogen) atoms. The quantitative estimate of drug-likeness (QED) is 0.261. The molecule has 0 bridgehead atoms. The van der Waals surface area contributed by atoms with Gasteiger partial charge in [0.05, 0.1) is 17.1 Å². The van der Waals surface area contributed by atoms with Crippen LogP contribution in [0.3, 0.4) is 0 Å². The minimum atomic E-state index is -0.516. The van der Waals surface area contributed by atoms with Gasteiger partial charge in [-0.2, -0.15) is 11.8 Å². The molecule has 0 radical (unpaired) electrons. The van der Waals surface area contributed by atoms with Crippen LogP contribution in [-0.2, 0) is 21.8 Å². The van der Waals surface area contributed by atoms with Gasteiger partial charge in [-0.25, -0.2) is 4.79 Å². The standard InChI is InChI=1S/C18H15Cl2NO6S/c19-14-3-11(4-15(20)7-14)18(22)26-1-2-28-9-13-6-16(21(23)24)5-12-8-25-10-27-17(12)13/h3-7H,1-2,8-10H2. The molecule has 2 aromatic rings. The number of fused-ring (bicyclic) bond motifs is 1. The van der Waals surface area contributed by atoms with Gasteiger partial charge in [0.1, 0.15) is 12.4 Å². The van der Waals surface area contributed by atoms with Crippen LogP contribution in [0.2, 0.25) is 10.0 Å². The van der Waals surface area contributed by atoms with Gasteiger partial charge in [0.15, 0.2) is 6.79 Å². The number of non-ortho nitro benzene ring substituents is 1. The van der Waals surface area contributed by atoms with E-state index >= 15 is 0 Å². The van der Waals surface area contributed by atoms with E-state index in [2.05, 4.69) is 0 Å². The fraction of sp³-hybridized carbons (Fsp3) is 0.278. The molecule has 148 valence electrons. The molecule has 1 aliphatic rings. The maximum atomic E-state index is 12.0. The minimum Gasteiger partial charge on any atom is -0.467 e. The van der Waals surface area contributed by atoms with Crippen molar-refractivity contribution in [1.29, 1.82) is 0 Å². The number of carbonyl (C=O) groups excluding carboxylic acids is 1. The van der Waals surface area contributed by atoms with Gasteiger partial charge in [-0.15, -0.1) is 0 Å². The van der Waals surface area contributed by atoms with E-state index in [1.165, 1.54) is 42.1 Å². The molecule has 1 aliphatic heterocycles. The molecule has 7 nitrogen and oxygen atoms in total. The Labute approximate surface area is 175 Å². The highest BCUT2D eigenvalue weighted by Crippen LogP contribution is 2.34. The van der Waals surface area contributed by atoms with E-state index in [-0.39, 0.29) is 31.3 Å². The van der Waals surface area contributed by atoms with Crippen molar-refractivity contribution in [3.05, 3.63) is 67.2 Å². The lowest BCUT2D eigenvalue weighted by atomic mass is 10.1. The number of nitrogens with zero attached hydrogens (tertiary/aromatic N) is 1. The Morgan fingerprint density at radius 2 is 1.96 bits per heavy atom. The SMILES string of the molecule is O=C(OCCSCc1cc([N+](=O)[O-])cc2c1OCOC2)c1cc(Cl)cc(Cl)c1. The molecule has 0 aromatic heterocycles. The zero-order valence-corrected chi connectivity index (χ0v) is 16.8. The van der Waals surface area contributed by atoms with Crippen molar-refractivity contribution < 1.29 is 23.9 Å². The molecule has 0 fully saturated rings. The fourth-order valence-corrected chi connectivity index (χ4v) is 3.93. The molecule has 1 heterocycles. The van der Waals surface area contributed by atoms with Gasteiger partial charge in [0.2, 0.25) is 0 Å². The maximum absolute atomic E-state index is 12.0. The zero-order chi connectivity index (χ0) is 20.1. The van der Waals surface area contributed by atoms with Gasteiger partial charge in [-0.05, 0) is 18.2 Å². The largest absolute Gasteiger partial charge is 0.467 e. The van der Waals surface area contributed by atoms with Gasteiger partial charge in [-0.3, -0.25) is 10.1 Å². The Morgan fingerprint density at radius 1 is 1.21 bits per heavy atom. The number of rotatable bonds is 7. The van der Waals surface area contributed by atoms with Crippen molar-refractivity contribution in [2.45, 2.75) is 12.4 Å². The predicted molar refractivity (Wildman–Crippen MR) is 106 cm³/mol. The summed E-state index contributed by atoms with van der Waals surface area (Å²) in [6, 6.07) is 7.45. The van der Waals surface area contributed by atoms with Crippen LogP contribution < -0.4 is 4.74 Å². The van der Waals surface area contributed by atoms with E-state index in [9.17, 15) is 14.9 Å². The number of nitro groups is 1. The lowest BCUT2D eigenvalue weighted by Crippen LogP contribution is -2.13. The van der Waals surface area contributed by atoms with Crippen molar-refractivity contribution in [3.8, 4) is 5.75 Å². The average molecular weight is 444 g/mol. The van der Waals surface area contributed by atoms with Crippen LogP contribution >= 0.6 is 35.0 Å². The normalized spacial score (nSPS) is 12.8. The number of hydrogen-bond donors (Lipinski definition) is 0. The number of ether oxygens (including phenoxy) is 3. The summed E-state index contributed by atoms with van der Waals surface area (Å²) in [6.07, 6.45) is 0. The molecule has 0 amide bonds. The summed E-state index contributed by atoms with van der Waals surface area (Å²) in [5.74, 6) is 1.09. The van der Waals surface area contributed by atoms with Gasteiger partial charge < -0.3 is 14.2 Å². The second-order valence-corrected chi connectivity index (χ2v) is 7.79. The van der Waals surface area contributed by atoms with Crippen LogP contribution in [0.4, 0.5) is 5.69 Å². The molecule has 0 aliphatic carbocycles. The number of nitro benzene ring substituents is 1. The third-order valence-corrected chi connectivity index (χ3v) is 5.21. The highest BCUT2D eigenvalue weighted by molar-refractivity contribution is 7.98. The number of esters is 1. The number of thioether (sulfide) groups is 1. The van der Waals surface area contributed by atoms with Gasteiger partial charge in [0, 0.05) is 44.8 Å². The van der Waals surface area contributed by atoms with E-state index in [0.717, 1.165) is 0 Å². The van der Waals surface area contributed by atoms with E-state index in [1.54, 1.807) is 0 Å². The predicted octanol–water partition coefficient (Wildman–Crippen LogP) is 4.86. The number of carbonyl (C=O) groups is 1. The monoisotopic (exact) mass is 443 g/mol. The Bertz CT molecular complexity index is 888. The van der Waals surface area contributed by atoms with E-state index in [0.29, 0.717) is 38.4 Å². The second-order valence-electron chi connectivity index (χ2n) is 5.81. The maximum Gasteiger partial charge on any atom is 0.338 e. The Hall–Kier alpha value is -2.00. The van der Waals surface area contributed by atoms with Gasteiger partial charge in [0.25, 0.3) is 5.69 Å². The molecule has 0 N–H and O–H groups in total. The summed E-state index contributed by atoms with van der Waals surface area (Å²) in [7, 11) is 0. The summed E-state index contributed by atoms with van der Waals surface area (Å²) in [5, 5.41) is 11.8. The number of hydrogen-bond acceptors (Lipinski definition) is 7. The summed E-state index contributed by atoms with van der Waals surface area (Å²) >= 11 is 13.2. The molecule has 0 atom stereocenters. The average Bonchev–Trinajstić information content (AvgIpc) is 2.66. The van der Waals surface area contributed by atoms with Crippen molar-refractivity contribution in [2.75, 3.05) is 19.2 Å². The lowest BCUT2D eigenvalue weighted by Gasteiger charge is -2.20. The molecule has 3 rings (SSSR count). The second kappa shape index (κ2) is 9.47. The first-order valence-electron chi connectivity index (χ1n) is 8.16. The first-order chi connectivity index (χ1) is 13.4. The topological polar surface area (TPSA) is 87.9 Å².